The summed E-state index contributed by atoms with van der Waals surface area (Å²) in [5.41, 5.74) is 0. The van der Waals surface area contributed by atoms with Crippen molar-refractivity contribution in [3.05, 3.63) is 23.1 Å². The lowest BCUT2D eigenvalue weighted by Gasteiger charge is -2.08. The van der Waals surface area contributed by atoms with Gasteiger partial charge in [0, 0.05) is 17.8 Å². The average molecular weight is 303 g/mol. The molecule has 0 aliphatic heterocycles. The molecule has 0 amide bonds. The summed E-state index contributed by atoms with van der Waals surface area (Å²) >= 11 is 1.42. The number of amidine groups is 1. The van der Waals surface area contributed by atoms with Gasteiger partial charge in [-0.05, 0) is 17.5 Å². The molecule has 1 heterocycles. The van der Waals surface area contributed by atoms with Crippen LogP contribution in [0.4, 0.5) is 0 Å². The molecule has 0 fully saturated rings. The van der Waals surface area contributed by atoms with E-state index in [-0.39, 0.29) is 18.2 Å². The minimum Gasteiger partial charge on any atom is -0.493 e. The highest BCUT2D eigenvalue weighted by molar-refractivity contribution is 7.20. The molecule has 1 aromatic carbocycles. The molecule has 2 N–H and O–H groups in total. The normalized spacial score (nSPS) is 9.89. The third kappa shape index (κ3) is 2.91. The van der Waals surface area contributed by atoms with E-state index in [1.165, 1.54) is 18.4 Å². The van der Waals surface area contributed by atoms with E-state index in [4.69, 9.17) is 14.9 Å². The van der Waals surface area contributed by atoms with Crippen LogP contribution in [0.25, 0.3) is 10.1 Å². The lowest BCUT2D eigenvalue weighted by atomic mass is 10.2. The highest BCUT2D eigenvalue weighted by Crippen LogP contribution is 2.36. The van der Waals surface area contributed by atoms with Gasteiger partial charge in [-0.1, -0.05) is 0 Å². The van der Waals surface area contributed by atoms with Crippen LogP contribution in [-0.2, 0) is 0 Å². The number of nitrogens with zero attached hydrogens (tertiary/aromatic N) is 1. The molecule has 104 valence electrons. The standard InChI is InChI=1S/C12H14N2O3S.ClH/c1-14(15)12(13)11-5-7-4-8(16-2)9(17-3)6-10(7)18-11;/h4-6,13,15H,1-3H3;1H. The number of nitrogens with one attached hydrogen (secondary N) is 1. The molecule has 0 aliphatic carbocycles. The number of benzene rings is 1. The number of thiophene rings is 1. The number of fused-ring (bicyclic) bond motifs is 1. The van der Waals surface area contributed by atoms with Crippen molar-refractivity contribution in [1.29, 1.82) is 5.41 Å². The van der Waals surface area contributed by atoms with Gasteiger partial charge in [0.25, 0.3) is 0 Å². The van der Waals surface area contributed by atoms with E-state index in [9.17, 15) is 5.21 Å². The van der Waals surface area contributed by atoms with Gasteiger partial charge in [-0.15, -0.1) is 23.7 Å². The van der Waals surface area contributed by atoms with Gasteiger partial charge in [-0.3, -0.25) is 10.6 Å². The highest BCUT2D eigenvalue weighted by atomic mass is 35.5. The van der Waals surface area contributed by atoms with Crippen LogP contribution in [0.15, 0.2) is 18.2 Å². The molecule has 7 heteroatoms. The summed E-state index contributed by atoms with van der Waals surface area (Å²) in [5.74, 6) is 1.37. The maximum absolute atomic E-state index is 9.27. The van der Waals surface area contributed by atoms with Gasteiger partial charge >= 0.3 is 0 Å². The minimum absolute atomic E-state index is 0. The van der Waals surface area contributed by atoms with E-state index < -0.39 is 0 Å². The first kappa shape index (κ1) is 15.6. The Morgan fingerprint density at radius 1 is 1.21 bits per heavy atom. The molecule has 0 unspecified atom stereocenters. The van der Waals surface area contributed by atoms with E-state index >= 15 is 0 Å². The topological polar surface area (TPSA) is 65.8 Å². The first-order valence-corrected chi connectivity index (χ1v) is 6.05. The summed E-state index contributed by atoms with van der Waals surface area (Å²) in [6, 6.07) is 5.57. The van der Waals surface area contributed by atoms with Crippen LogP contribution >= 0.6 is 23.7 Å². The van der Waals surface area contributed by atoms with Gasteiger partial charge in [0.1, 0.15) is 0 Å². The monoisotopic (exact) mass is 302 g/mol. The zero-order valence-corrected chi connectivity index (χ0v) is 12.4. The molecule has 2 aromatic rings. The number of hydrogen-bond acceptors (Lipinski definition) is 5. The lowest BCUT2D eigenvalue weighted by Crippen LogP contribution is -2.21. The number of hydroxylamine groups is 2. The fraction of sp³-hybridized carbons (Fsp3) is 0.250. The van der Waals surface area contributed by atoms with Crippen molar-refractivity contribution >= 4 is 39.7 Å². The first-order valence-electron chi connectivity index (χ1n) is 5.24. The summed E-state index contributed by atoms with van der Waals surface area (Å²) in [4.78, 5) is 0.685. The molecule has 0 spiro atoms. The van der Waals surface area contributed by atoms with Gasteiger partial charge < -0.3 is 9.47 Å². The van der Waals surface area contributed by atoms with Crippen molar-refractivity contribution in [2.45, 2.75) is 0 Å². The molecule has 0 saturated carbocycles. The van der Waals surface area contributed by atoms with E-state index in [2.05, 4.69) is 0 Å². The maximum atomic E-state index is 9.27. The third-order valence-corrected chi connectivity index (χ3v) is 3.68. The molecule has 5 nitrogen and oxygen atoms in total. The van der Waals surface area contributed by atoms with Crippen LogP contribution in [0.3, 0.4) is 0 Å². The molecule has 0 aliphatic rings. The van der Waals surface area contributed by atoms with Crippen molar-refractivity contribution in [2.75, 3.05) is 21.3 Å². The van der Waals surface area contributed by atoms with Crippen molar-refractivity contribution in [3.8, 4) is 11.5 Å². The van der Waals surface area contributed by atoms with Crippen LogP contribution in [0.2, 0.25) is 0 Å². The fourth-order valence-corrected chi connectivity index (χ4v) is 2.70. The quantitative estimate of drug-likeness (QED) is 0.520. The second kappa shape index (κ2) is 6.10. The summed E-state index contributed by atoms with van der Waals surface area (Å²) in [6.45, 7) is 0. The Hall–Kier alpha value is -1.50. The molecule has 0 bridgehead atoms. The van der Waals surface area contributed by atoms with E-state index in [0.29, 0.717) is 16.4 Å². The van der Waals surface area contributed by atoms with Crippen LogP contribution in [-0.4, -0.2) is 37.4 Å². The van der Waals surface area contributed by atoms with Crippen molar-refractivity contribution < 1.29 is 14.7 Å². The van der Waals surface area contributed by atoms with Crippen molar-refractivity contribution in [3.63, 3.8) is 0 Å². The smallest absolute Gasteiger partial charge is 0.162 e. The second-order valence-electron chi connectivity index (χ2n) is 3.73. The third-order valence-electron chi connectivity index (χ3n) is 2.58. The van der Waals surface area contributed by atoms with Crippen LogP contribution < -0.4 is 9.47 Å². The number of halogens is 1. The number of hydrogen-bond donors (Lipinski definition) is 2. The van der Waals surface area contributed by atoms with Crippen LogP contribution in [0.1, 0.15) is 4.88 Å². The zero-order valence-electron chi connectivity index (χ0n) is 10.8. The predicted molar refractivity (Wildman–Crippen MR) is 78.6 cm³/mol. The minimum atomic E-state index is 0. The fourth-order valence-electron chi connectivity index (χ4n) is 1.64. The molecular weight excluding hydrogens is 288 g/mol. The van der Waals surface area contributed by atoms with Crippen LogP contribution in [0.5, 0.6) is 11.5 Å². The Morgan fingerprint density at radius 3 is 2.32 bits per heavy atom. The zero-order chi connectivity index (χ0) is 13.3. The van der Waals surface area contributed by atoms with Crippen LogP contribution in [0, 0.1) is 5.41 Å². The Bertz CT molecular complexity index is 557. The first-order chi connectivity index (χ1) is 8.56. The Morgan fingerprint density at radius 2 is 1.79 bits per heavy atom. The lowest BCUT2D eigenvalue weighted by molar-refractivity contribution is 0.0136. The summed E-state index contributed by atoms with van der Waals surface area (Å²) in [5, 5.41) is 18.8. The maximum Gasteiger partial charge on any atom is 0.162 e. The van der Waals surface area contributed by atoms with E-state index in [0.717, 1.165) is 15.1 Å². The van der Waals surface area contributed by atoms with Gasteiger partial charge in [0.05, 0.1) is 19.1 Å². The van der Waals surface area contributed by atoms with E-state index in [1.807, 2.05) is 18.2 Å². The predicted octanol–water partition coefficient (Wildman–Crippen LogP) is 2.99. The second-order valence-corrected chi connectivity index (χ2v) is 4.81. The summed E-state index contributed by atoms with van der Waals surface area (Å²) in [7, 11) is 4.59. The Labute approximate surface area is 121 Å². The van der Waals surface area contributed by atoms with E-state index in [1.54, 1.807) is 14.2 Å². The summed E-state index contributed by atoms with van der Waals surface area (Å²) in [6.07, 6.45) is 0. The highest BCUT2D eigenvalue weighted by Gasteiger charge is 2.13. The molecule has 1 aromatic heterocycles. The van der Waals surface area contributed by atoms with Crippen molar-refractivity contribution in [1.82, 2.24) is 5.06 Å². The summed E-state index contributed by atoms with van der Waals surface area (Å²) < 4.78 is 11.4. The Kier molecular flexibility index (Phi) is 4.99. The van der Waals surface area contributed by atoms with Gasteiger partial charge in [0.2, 0.25) is 0 Å². The average Bonchev–Trinajstić information content (AvgIpc) is 2.78. The van der Waals surface area contributed by atoms with Gasteiger partial charge in [-0.25, -0.2) is 5.06 Å². The molecule has 2 rings (SSSR count). The largest absolute Gasteiger partial charge is 0.493 e. The number of methoxy groups -OCH3 is 2. The van der Waals surface area contributed by atoms with Gasteiger partial charge in [-0.2, -0.15) is 0 Å². The Balaban J connectivity index is 0.00000180. The molecule has 19 heavy (non-hydrogen) atoms. The number of ether oxygens (including phenoxy) is 2. The SMILES string of the molecule is COc1cc2cc(C(=N)N(C)O)sc2cc1OC.Cl. The molecule has 0 saturated heterocycles. The van der Waals surface area contributed by atoms with Crippen molar-refractivity contribution in [2.24, 2.45) is 0 Å². The molecule has 0 atom stereocenters. The molecule has 0 radical (unpaired) electrons. The van der Waals surface area contributed by atoms with Gasteiger partial charge in [0.15, 0.2) is 17.3 Å². The number of rotatable bonds is 3. The molecular formula is C12H15ClN2O3S.